The highest BCUT2D eigenvalue weighted by molar-refractivity contribution is 5.77. The van der Waals surface area contributed by atoms with Crippen molar-refractivity contribution in [1.82, 2.24) is 10.6 Å². The average Bonchev–Trinajstić information content (AvgIpc) is 2.43. The van der Waals surface area contributed by atoms with Crippen LogP contribution >= 0.6 is 0 Å². The number of amides is 1. The molecule has 4 nitrogen and oxygen atoms in total. The quantitative estimate of drug-likeness (QED) is 0.736. The summed E-state index contributed by atoms with van der Waals surface area (Å²) in [4.78, 5) is 11.7. The summed E-state index contributed by atoms with van der Waals surface area (Å²) in [6.07, 6.45) is 0.914. The fraction of sp³-hybridized carbons (Fsp3) is 0.562. The number of carbonyl (C=O) groups is 1. The van der Waals surface area contributed by atoms with Crippen molar-refractivity contribution in [3.63, 3.8) is 0 Å². The monoisotopic (exact) mass is 296 g/mol. The highest BCUT2D eigenvalue weighted by Gasteiger charge is 2.11. The minimum Gasteiger partial charge on any atom is -0.480 e. The van der Waals surface area contributed by atoms with Gasteiger partial charge >= 0.3 is 0 Å². The first kappa shape index (κ1) is 17.4. The van der Waals surface area contributed by atoms with Gasteiger partial charge in [0.15, 0.2) is 18.2 Å². The molecule has 1 amide bonds. The van der Waals surface area contributed by atoms with Crippen molar-refractivity contribution in [3.8, 4) is 5.75 Å². The van der Waals surface area contributed by atoms with Crippen LogP contribution in [-0.4, -0.2) is 25.6 Å². The fourth-order valence-electron chi connectivity index (χ4n) is 1.80. The summed E-state index contributed by atoms with van der Waals surface area (Å²) >= 11 is 0. The molecule has 5 heteroatoms. The van der Waals surface area contributed by atoms with Gasteiger partial charge < -0.3 is 15.4 Å². The molecular weight excluding hydrogens is 271 g/mol. The van der Waals surface area contributed by atoms with Crippen LogP contribution in [0, 0.1) is 11.7 Å². The van der Waals surface area contributed by atoms with E-state index in [4.69, 9.17) is 4.74 Å². The molecule has 0 aromatic heterocycles. The Morgan fingerprint density at radius 3 is 2.81 bits per heavy atom. The van der Waals surface area contributed by atoms with Gasteiger partial charge in [0.05, 0.1) is 0 Å². The molecule has 1 aromatic carbocycles. The van der Waals surface area contributed by atoms with Crippen LogP contribution in [0.15, 0.2) is 18.2 Å². The third kappa shape index (κ3) is 6.58. The summed E-state index contributed by atoms with van der Waals surface area (Å²) in [6.45, 7) is 7.90. The van der Waals surface area contributed by atoms with E-state index in [9.17, 15) is 9.18 Å². The molecule has 21 heavy (non-hydrogen) atoms. The Hall–Kier alpha value is -1.62. The molecule has 0 aliphatic rings. The minimum atomic E-state index is -0.444. The lowest BCUT2D eigenvalue weighted by atomic mass is 10.1. The number of nitrogens with one attached hydrogen (secondary N) is 2. The smallest absolute Gasteiger partial charge is 0.257 e. The molecule has 1 rings (SSSR count). The Kier molecular flexibility index (Phi) is 7.75. The maximum Gasteiger partial charge on any atom is 0.257 e. The molecule has 118 valence electrons. The van der Waals surface area contributed by atoms with E-state index in [0.29, 0.717) is 24.6 Å². The Balaban J connectivity index is 2.51. The van der Waals surface area contributed by atoms with Gasteiger partial charge in [-0.3, -0.25) is 4.79 Å². The van der Waals surface area contributed by atoms with E-state index < -0.39 is 5.82 Å². The minimum absolute atomic E-state index is 0.150. The van der Waals surface area contributed by atoms with Gasteiger partial charge in [0.25, 0.3) is 5.91 Å². The highest BCUT2D eigenvalue weighted by atomic mass is 19.1. The Bertz CT molecular complexity index is 450. The van der Waals surface area contributed by atoms with Crippen LogP contribution in [-0.2, 0) is 11.3 Å². The second-order valence-electron chi connectivity index (χ2n) is 5.33. The van der Waals surface area contributed by atoms with Gasteiger partial charge in [0.1, 0.15) is 0 Å². The van der Waals surface area contributed by atoms with Crippen molar-refractivity contribution in [2.75, 3.05) is 19.7 Å². The number of para-hydroxylation sites is 1. The van der Waals surface area contributed by atoms with E-state index in [-0.39, 0.29) is 18.3 Å². The van der Waals surface area contributed by atoms with E-state index in [2.05, 4.69) is 24.5 Å². The maximum absolute atomic E-state index is 13.8. The van der Waals surface area contributed by atoms with Crippen LogP contribution in [0.1, 0.15) is 32.8 Å². The van der Waals surface area contributed by atoms with Gasteiger partial charge in [0, 0.05) is 18.7 Å². The van der Waals surface area contributed by atoms with Crippen molar-refractivity contribution in [3.05, 3.63) is 29.6 Å². The summed E-state index contributed by atoms with van der Waals surface area (Å²) in [5, 5.41) is 5.88. The van der Waals surface area contributed by atoms with Crippen molar-refractivity contribution in [1.29, 1.82) is 0 Å². The molecule has 0 saturated carbocycles. The third-order valence-electron chi connectivity index (χ3n) is 3.01. The van der Waals surface area contributed by atoms with Crippen LogP contribution in [0.25, 0.3) is 0 Å². The molecule has 0 bridgehead atoms. The van der Waals surface area contributed by atoms with Crippen molar-refractivity contribution in [2.45, 2.75) is 33.7 Å². The predicted octanol–water partition coefficient (Wildman–Crippen LogP) is 2.48. The van der Waals surface area contributed by atoms with Crippen LogP contribution < -0.4 is 15.4 Å². The predicted molar refractivity (Wildman–Crippen MR) is 81.7 cm³/mol. The number of halogens is 1. The second-order valence-corrected chi connectivity index (χ2v) is 5.33. The molecule has 0 aliphatic carbocycles. The number of hydrogen-bond donors (Lipinski definition) is 2. The van der Waals surface area contributed by atoms with E-state index in [1.807, 2.05) is 6.92 Å². The standard InChI is InChI=1S/C16H25FN2O2/c1-4-18-10-13-6-5-7-14(17)16(13)21-11-15(20)19-9-8-12(2)3/h5-7,12,18H,4,8-11H2,1-3H3,(H,19,20). The zero-order valence-corrected chi connectivity index (χ0v) is 13.0. The van der Waals surface area contributed by atoms with Crippen molar-refractivity contribution >= 4 is 5.91 Å². The van der Waals surface area contributed by atoms with Crippen LogP contribution in [0.3, 0.4) is 0 Å². The lowest BCUT2D eigenvalue weighted by Crippen LogP contribution is -2.30. The summed E-state index contributed by atoms with van der Waals surface area (Å²) in [6, 6.07) is 4.76. The van der Waals surface area contributed by atoms with E-state index in [0.717, 1.165) is 13.0 Å². The molecule has 1 aromatic rings. The third-order valence-corrected chi connectivity index (χ3v) is 3.01. The molecule has 0 aliphatic heterocycles. The number of ether oxygens (including phenoxy) is 1. The molecule has 0 fully saturated rings. The molecule has 0 spiro atoms. The van der Waals surface area contributed by atoms with E-state index in [1.54, 1.807) is 12.1 Å². The number of benzene rings is 1. The maximum atomic E-state index is 13.8. The zero-order valence-electron chi connectivity index (χ0n) is 13.0. The van der Waals surface area contributed by atoms with Gasteiger partial charge in [-0.05, 0) is 24.9 Å². The van der Waals surface area contributed by atoms with Gasteiger partial charge in [-0.25, -0.2) is 4.39 Å². The highest BCUT2D eigenvalue weighted by Crippen LogP contribution is 2.22. The van der Waals surface area contributed by atoms with Crippen LogP contribution in [0.4, 0.5) is 4.39 Å². The largest absolute Gasteiger partial charge is 0.480 e. The summed E-state index contributed by atoms with van der Waals surface area (Å²) in [5.41, 5.74) is 0.715. The van der Waals surface area contributed by atoms with Crippen molar-refractivity contribution in [2.24, 2.45) is 5.92 Å². The summed E-state index contributed by atoms with van der Waals surface area (Å²) in [7, 11) is 0. The topological polar surface area (TPSA) is 50.4 Å². The number of rotatable bonds is 9. The number of hydrogen-bond acceptors (Lipinski definition) is 3. The lowest BCUT2D eigenvalue weighted by Gasteiger charge is -2.13. The molecule has 0 atom stereocenters. The SMILES string of the molecule is CCNCc1cccc(F)c1OCC(=O)NCCC(C)C. The zero-order chi connectivity index (χ0) is 15.7. The summed E-state index contributed by atoms with van der Waals surface area (Å²) < 4.78 is 19.2. The Morgan fingerprint density at radius 1 is 1.38 bits per heavy atom. The molecule has 0 heterocycles. The average molecular weight is 296 g/mol. The number of carbonyl (C=O) groups excluding carboxylic acids is 1. The first-order valence-electron chi connectivity index (χ1n) is 7.42. The lowest BCUT2D eigenvalue weighted by molar-refractivity contribution is -0.123. The summed E-state index contributed by atoms with van der Waals surface area (Å²) in [5.74, 6) is 0.00986. The van der Waals surface area contributed by atoms with Gasteiger partial charge in [-0.2, -0.15) is 0 Å². The first-order chi connectivity index (χ1) is 10.0. The van der Waals surface area contributed by atoms with E-state index >= 15 is 0 Å². The van der Waals surface area contributed by atoms with E-state index in [1.165, 1.54) is 6.07 Å². The molecular formula is C16H25FN2O2. The molecule has 0 radical (unpaired) electrons. The van der Waals surface area contributed by atoms with Gasteiger partial charge in [-0.15, -0.1) is 0 Å². The Morgan fingerprint density at radius 2 is 2.14 bits per heavy atom. The molecule has 0 saturated heterocycles. The molecule has 0 unspecified atom stereocenters. The van der Waals surface area contributed by atoms with Crippen LogP contribution in [0.2, 0.25) is 0 Å². The Labute approximate surface area is 126 Å². The van der Waals surface area contributed by atoms with Gasteiger partial charge in [0.2, 0.25) is 0 Å². The second kappa shape index (κ2) is 9.34. The normalized spacial score (nSPS) is 10.7. The fourth-order valence-corrected chi connectivity index (χ4v) is 1.80. The van der Waals surface area contributed by atoms with Crippen molar-refractivity contribution < 1.29 is 13.9 Å². The first-order valence-corrected chi connectivity index (χ1v) is 7.42. The molecule has 2 N–H and O–H groups in total. The van der Waals surface area contributed by atoms with Crippen LogP contribution in [0.5, 0.6) is 5.75 Å². The van der Waals surface area contributed by atoms with Gasteiger partial charge in [-0.1, -0.05) is 32.9 Å².